The first-order valence-electron chi connectivity index (χ1n) is 8.21. The molecule has 0 atom stereocenters. The number of hydrogen-bond acceptors (Lipinski definition) is 4. The van der Waals surface area contributed by atoms with E-state index in [0.29, 0.717) is 25.3 Å². The molecule has 0 aliphatic carbocycles. The van der Waals surface area contributed by atoms with E-state index in [-0.39, 0.29) is 5.91 Å². The highest BCUT2D eigenvalue weighted by Gasteiger charge is 2.21. The van der Waals surface area contributed by atoms with Gasteiger partial charge in [0.15, 0.2) is 5.69 Å². The maximum atomic E-state index is 12.4. The Morgan fingerprint density at radius 2 is 2.25 bits per heavy atom. The molecular formula is C17H20N6O. The van der Waals surface area contributed by atoms with Crippen molar-refractivity contribution in [1.29, 1.82) is 0 Å². The van der Waals surface area contributed by atoms with Crippen LogP contribution in [0.2, 0.25) is 0 Å². The fourth-order valence-electron chi connectivity index (χ4n) is 3.26. The number of aryl methyl sites for hydroxylation is 1. The lowest BCUT2D eigenvalue weighted by Crippen LogP contribution is -2.30. The van der Waals surface area contributed by atoms with E-state index in [4.69, 9.17) is 0 Å². The van der Waals surface area contributed by atoms with E-state index in [0.717, 1.165) is 41.1 Å². The predicted molar refractivity (Wildman–Crippen MR) is 90.8 cm³/mol. The highest BCUT2D eigenvalue weighted by atomic mass is 16.1. The number of rotatable bonds is 4. The fraction of sp³-hybridized carbons (Fsp3) is 0.353. The van der Waals surface area contributed by atoms with Crippen molar-refractivity contribution in [2.45, 2.75) is 26.4 Å². The molecule has 0 saturated heterocycles. The van der Waals surface area contributed by atoms with Gasteiger partial charge in [0.05, 0.1) is 11.0 Å². The molecule has 0 unspecified atom stereocenters. The third kappa shape index (κ3) is 2.56. The minimum atomic E-state index is -0.127. The van der Waals surface area contributed by atoms with Crippen LogP contribution in [-0.4, -0.2) is 38.7 Å². The number of carbonyl (C=O) groups excluding carboxylic acids is 1. The van der Waals surface area contributed by atoms with Crippen molar-refractivity contribution < 1.29 is 4.79 Å². The minimum absolute atomic E-state index is 0.127. The fourth-order valence-corrected chi connectivity index (χ4v) is 3.26. The molecule has 7 heteroatoms. The number of benzene rings is 1. The summed E-state index contributed by atoms with van der Waals surface area (Å²) in [5.41, 5.74) is 4.63. The Bertz CT molecular complexity index is 894. The van der Waals surface area contributed by atoms with Gasteiger partial charge >= 0.3 is 0 Å². The molecule has 124 valence electrons. The molecule has 0 spiro atoms. The lowest BCUT2D eigenvalue weighted by Gasteiger charge is -2.13. The van der Waals surface area contributed by atoms with Crippen LogP contribution in [0.25, 0.3) is 11.0 Å². The molecule has 1 aliphatic rings. The Kier molecular flexibility index (Phi) is 3.78. The molecule has 7 nitrogen and oxygen atoms in total. The van der Waals surface area contributed by atoms with Crippen LogP contribution < -0.4 is 10.6 Å². The van der Waals surface area contributed by atoms with Crippen molar-refractivity contribution in [1.82, 2.24) is 30.4 Å². The number of para-hydroxylation sites is 2. The standard InChI is InChI=1S/C17H20N6O/c1-11-20-14-4-2-3-5-15(14)23(11)9-8-19-17(24)16-12-10-18-7-6-13(12)21-22-16/h2-5,18H,6-10H2,1H3,(H,19,24)(H,21,22). The van der Waals surface area contributed by atoms with Crippen molar-refractivity contribution in [3.05, 3.63) is 47.0 Å². The lowest BCUT2D eigenvalue weighted by molar-refractivity contribution is 0.0946. The molecule has 3 heterocycles. The molecule has 0 bridgehead atoms. The summed E-state index contributed by atoms with van der Waals surface area (Å²) in [7, 11) is 0. The first kappa shape index (κ1) is 14.9. The summed E-state index contributed by atoms with van der Waals surface area (Å²) < 4.78 is 2.12. The Morgan fingerprint density at radius 3 is 3.17 bits per heavy atom. The van der Waals surface area contributed by atoms with E-state index in [1.165, 1.54) is 0 Å². The Balaban J connectivity index is 1.44. The molecule has 3 aromatic rings. The molecule has 24 heavy (non-hydrogen) atoms. The highest BCUT2D eigenvalue weighted by Crippen LogP contribution is 2.16. The summed E-state index contributed by atoms with van der Waals surface area (Å²) >= 11 is 0. The average molecular weight is 324 g/mol. The first-order valence-corrected chi connectivity index (χ1v) is 8.21. The summed E-state index contributed by atoms with van der Waals surface area (Å²) in [6.07, 6.45) is 0.885. The van der Waals surface area contributed by atoms with Gasteiger partial charge in [0.2, 0.25) is 0 Å². The van der Waals surface area contributed by atoms with Crippen molar-refractivity contribution in [3.8, 4) is 0 Å². The minimum Gasteiger partial charge on any atom is -0.349 e. The van der Waals surface area contributed by atoms with Crippen LogP contribution in [0.15, 0.2) is 24.3 Å². The summed E-state index contributed by atoms with van der Waals surface area (Å²) in [6, 6.07) is 8.03. The van der Waals surface area contributed by atoms with Crippen LogP contribution in [0.1, 0.15) is 27.6 Å². The number of aromatic amines is 1. The maximum Gasteiger partial charge on any atom is 0.272 e. The molecule has 0 radical (unpaired) electrons. The van der Waals surface area contributed by atoms with Gasteiger partial charge < -0.3 is 15.2 Å². The Hall–Kier alpha value is -2.67. The number of carbonyl (C=O) groups is 1. The zero-order valence-corrected chi connectivity index (χ0v) is 13.6. The molecular weight excluding hydrogens is 304 g/mol. The topological polar surface area (TPSA) is 87.6 Å². The van der Waals surface area contributed by atoms with Crippen molar-refractivity contribution >= 4 is 16.9 Å². The van der Waals surface area contributed by atoms with Crippen molar-refractivity contribution in [2.24, 2.45) is 0 Å². The number of amides is 1. The maximum absolute atomic E-state index is 12.4. The zero-order valence-electron chi connectivity index (χ0n) is 13.6. The molecule has 0 saturated carbocycles. The molecule has 0 fully saturated rings. The number of nitrogens with zero attached hydrogens (tertiary/aromatic N) is 3. The highest BCUT2D eigenvalue weighted by molar-refractivity contribution is 5.94. The van der Waals surface area contributed by atoms with Crippen LogP contribution >= 0.6 is 0 Å². The summed E-state index contributed by atoms with van der Waals surface area (Å²) in [6.45, 7) is 4.82. The molecule has 1 aromatic carbocycles. The van der Waals surface area contributed by atoms with Crippen LogP contribution in [0.5, 0.6) is 0 Å². The zero-order chi connectivity index (χ0) is 16.5. The number of fused-ring (bicyclic) bond motifs is 2. The van der Waals surface area contributed by atoms with E-state index in [9.17, 15) is 4.79 Å². The van der Waals surface area contributed by atoms with Gasteiger partial charge in [-0.15, -0.1) is 0 Å². The van der Waals surface area contributed by atoms with Gasteiger partial charge in [-0.25, -0.2) is 4.98 Å². The smallest absolute Gasteiger partial charge is 0.272 e. The van der Waals surface area contributed by atoms with Crippen molar-refractivity contribution in [2.75, 3.05) is 13.1 Å². The normalized spacial score (nSPS) is 13.9. The largest absolute Gasteiger partial charge is 0.349 e. The summed E-state index contributed by atoms with van der Waals surface area (Å²) in [4.78, 5) is 17.0. The SMILES string of the molecule is Cc1nc2ccccc2n1CCNC(=O)c1n[nH]c2c1CNCC2. The second-order valence-corrected chi connectivity index (χ2v) is 6.01. The monoisotopic (exact) mass is 324 g/mol. The number of nitrogens with one attached hydrogen (secondary N) is 3. The van der Waals surface area contributed by atoms with Gasteiger partial charge in [-0.3, -0.25) is 9.89 Å². The molecule has 4 rings (SSSR count). The van der Waals surface area contributed by atoms with E-state index in [2.05, 4.69) is 30.4 Å². The van der Waals surface area contributed by atoms with E-state index >= 15 is 0 Å². The van der Waals surface area contributed by atoms with E-state index in [1.54, 1.807) is 0 Å². The Morgan fingerprint density at radius 1 is 1.38 bits per heavy atom. The van der Waals surface area contributed by atoms with Crippen LogP contribution in [-0.2, 0) is 19.5 Å². The number of H-pyrrole nitrogens is 1. The van der Waals surface area contributed by atoms with Gasteiger partial charge in [0.25, 0.3) is 5.91 Å². The van der Waals surface area contributed by atoms with Crippen LogP contribution in [0.3, 0.4) is 0 Å². The summed E-state index contributed by atoms with van der Waals surface area (Å²) in [5, 5.41) is 13.4. The van der Waals surface area contributed by atoms with Gasteiger partial charge in [0, 0.05) is 43.9 Å². The van der Waals surface area contributed by atoms with E-state index < -0.39 is 0 Å². The van der Waals surface area contributed by atoms with Crippen LogP contribution in [0.4, 0.5) is 0 Å². The number of aromatic nitrogens is 4. The molecule has 1 aliphatic heterocycles. The first-order chi connectivity index (χ1) is 11.7. The van der Waals surface area contributed by atoms with E-state index in [1.807, 2.05) is 31.2 Å². The second-order valence-electron chi connectivity index (χ2n) is 6.01. The quantitative estimate of drug-likeness (QED) is 0.672. The van der Waals surface area contributed by atoms with Crippen LogP contribution in [0, 0.1) is 6.92 Å². The van der Waals surface area contributed by atoms with Crippen molar-refractivity contribution in [3.63, 3.8) is 0 Å². The molecule has 2 aromatic heterocycles. The number of imidazole rings is 1. The second kappa shape index (κ2) is 6.09. The third-order valence-corrected chi connectivity index (χ3v) is 4.49. The van der Waals surface area contributed by atoms with Gasteiger partial charge in [-0.05, 0) is 19.1 Å². The van der Waals surface area contributed by atoms with Gasteiger partial charge in [-0.1, -0.05) is 12.1 Å². The molecule has 1 amide bonds. The number of hydrogen-bond donors (Lipinski definition) is 3. The van der Waals surface area contributed by atoms with Gasteiger partial charge in [0.1, 0.15) is 5.82 Å². The lowest BCUT2D eigenvalue weighted by atomic mass is 10.1. The third-order valence-electron chi connectivity index (χ3n) is 4.49. The average Bonchev–Trinajstić information content (AvgIpc) is 3.16. The Labute approximate surface area is 139 Å². The molecule has 3 N–H and O–H groups in total. The predicted octanol–water partition coefficient (Wildman–Crippen LogP) is 1.14. The van der Waals surface area contributed by atoms with Gasteiger partial charge in [-0.2, -0.15) is 5.10 Å². The summed E-state index contributed by atoms with van der Waals surface area (Å²) in [5.74, 6) is 0.824.